The number of rotatable bonds is 6. The van der Waals surface area contributed by atoms with Crippen LogP contribution in [-0.4, -0.2) is 29.3 Å². The lowest BCUT2D eigenvalue weighted by Crippen LogP contribution is -2.42. The first kappa shape index (κ1) is 14.4. The van der Waals surface area contributed by atoms with Gasteiger partial charge in [0.05, 0.1) is 6.17 Å². The molecule has 0 radical (unpaired) electrons. The Labute approximate surface area is 103 Å². The van der Waals surface area contributed by atoms with E-state index in [2.05, 4.69) is 5.32 Å². The molecule has 1 heterocycles. The monoisotopic (exact) mass is 243 g/mol. The summed E-state index contributed by atoms with van der Waals surface area (Å²) in [6.45, 7) is 0. The van der Waals surface area contributed by atoms with Crippen LogP contribution in [0.3, 0.4) is 0 Å². The van der Waals surface area contributed by atoms with E-state index in [9.17, 15) is 4.79 Å². The Morgan fingerprint density at radius 3 is 2.76 bits per heavy atom. The summed E-state index contributed by atoms with van der Waals surface area (Å²) in [5.41, 5.74) is 11.4. The Bertz CT molecular complexity index is 236. The number of carboxylic acids is 1. The second kappa shape index (κ2) is 7.63. The molecular weight excluding hydrogens is 218 g/mol. The van der Waals surface area contributed by atoms with Crippen LogP contribution in [0.5, 0.6) is 0 Å². The number of hydrogen-bond donors (Lipinski definition) is 4. The molecule has 2 unspecified atom stereocenters. The molecule has 0 amide bonds. The number of nitrogens with two attached hydrogens (primary N) is 2. The maximum atomic E-state index is 10.5. The fourth-order valence-electron chi connectivity index (χ4n) is 2.33. The summed E-state index contributed by atoms with van der Waals surface area (Å²) in [4.78, 5) is 10.5. The van der Waals surface area contributed by atoms with Gasteiger partial charge in [0.1, 0.15) is 6.04 Å². The lowest BCUT2D eigenvalue weighted by molar-refractivity contribution is -0.138. The third-order valence-electron chi connectivity index (χ3n) is 3.40. The van der Waals surface area contributed by atoms with Gasteiger partial charge in [0.25, 0.3) is 0 Å². The van der Waals surface area contributed by atoms with E-state index in [0.29, 0.717) is 12.5 Å². The first-order valence-electron chi connectivity index (χ1n) is 6.59. The van der Waals surface area contributed by atoms with Crippen LogP contribution in [-0.2, 0) is 4.79 Å². The smallest absolute Gasteiger partial charge is 0.320 e. The fourth-order valence-corrected chi connectivity index (χ4v) is 2.33. The van der Waals surface area contributed by atoms with E-state index < -0.39 is 12.0 Å². The highest BCUT2D eigenvalue weighted by Crippen LogP contribution is 2.15. The largest absolute Gasteiger partial charge is 0.480 e. The van der Waals surface area contributed by atoms with Gasteiger partial charge < -0.3 is 16.6 Å². The molecule has 0 aromatic carbocycles. The average Bonchev–Trinajstić information content (AvgIpc) is 2.48. The Morgan fingerprint density at radius 2 is 2.06 bits per heavy atom. The summed E-state index contributed by atoms with van der Waals surface area (Å²) < 4.78 is 0. The second-order valence-corrected chi connectivity index (χ2v) is 4.98. The fraction of sp³-hybridized carbons (Fsp3) is 0.917. The molecule has 0 aromatic rings. The number of unbranched alkanes of at least 4 members (excludes halogenated alkanes) is 1. The Kier molecular flexibility index (Phi) is 6.47. The van der Waals surface area contributed by atoms with Crippen molar-refractivity contribution in [1.82, 2.24) is 5.32 Å². The minimum atomic E-state index is -0.903. The van der Waals surface area contributed by atoms with Crippen molar-refractivity contribution in [1.29, 1.82) is 0 Å². The molecule has 0 bridgehead atoms. The van der Waals surface area contributed by atoms with Gasteiger partial charge in [-0.3, -0.25) is 10.1 Å². The van der Waals surface area contributed by atoms with Gasteiger partial charge in [-0.25, -0.2) is 0 Å². The lowest BCUT2D eigenvalue weighted by atomic mass is 10.0. The van der Waals surface area contributed by atoms with Gasteiger partial charge in [-0.1, -0.05) is 25.7 Å². The number of carboxylic acid groups (broad SMARTS) is 1. The molecule has 0 aromatic heterocycles. The van der Waals surface area contributed by atoms with Crippen molar-refractivity contribution in [3.05, 3.63) is 0 Å². The zero-order valence-corrected chi connectivity index (χ0v) is 10.4. The molecule has 1 aliphatic rings. The second-order valence-electron chi connectivity index (χ2n) is 4.98. The van der Waals surface area contributed by atoms with Gasteiger partial charge in [-0.15, -0.1) is 0 Å². The summed E-state index contributed by atoms with van der Waals surface area (Å²) in [5.74, 6) is -0.903. The van der Waals surface area contributed by atoms with Crippen molar-refractivity contribution in [2.45, 2.75) is 69.6 Å². The van der Waals surface area contributed by atoms with Crippen LogP contribution < -0.4 is 16.8 Å². The first-order valence-corrected chi connectivity index (χ1v) is 6.59. The summed E-state index contributed by atoms with van der Waals surface area (Å²) in [5, 5.41) is 12.1. The molecule has 1 rings (SSSR count). The van der Waals surface area contributed by atoms with E-state index in [1.165, 1.54) is 19.3 Å². The average molecular weight is 243 g/mol. The Hall–Kier alpha value is -0.650. The minimum Gasteiger partial charge on any atom is -0.480 e. The molecule has 0 saturated carbocycles. The number of aliphatic carboxylic acids is 1. The van der Waals surface area contributed by atoms with Crippen molar-refractivity contribution < 1.29 is 9.90 Å². The molecule has 17 heavy (non-hydrogen) atoms. The van der Waals surface area contributed by atoms with Crippen molar-refractivity contribution in [3.8, 4) is 0 Å². The van der Waals surface area contributed by atoms with Crippen LogP contribution in [0, 0.1) is 0 Å². The molecule has 6 N–H and O–H groups in total. The molecule has 5 nitrogen and oxygen atoms in total. The number of nitrogens with one attached hydrogen (secondary N) is 1. The Balaban J connectivity index is 2.11. The van der Waals surface area contributed by atoms with Crippen molar-refractivity contribution in [3.63, 3.8) is 0 Å². The molecule has 0 aliphatic carbocycles. The standard InChI is InChI=1S/C12H25N3O2/c13-10(12(16)17)7-3-1-5-9-6-2-4-8-11(14)15-9/h9-11,15H,1-8,13-14H2,(H,16,17)/t9-,10?,11?/m0/s1. The highest BCUT2D eigenvalue weighted by molar-refractivity contribution is 5.72. The topological polar surface area (TPSA) is 101 Å². The molecule has 5 heteroatoms. The van der Waals surface area contributed by atoms with Crippen LogP contribution in [0.15, 0.2) is 0 Å². The predicted molar refractivity (Wildman–Crippen MR) is 67.4 cm³/mol. The van der Waals surface area contributed by atoms with E-state index in [0.717, 1.165) is 25.7 Å². The molecule has 1 fully saturated rings. The van der Waals surface area contributed by atoms with Gasteiger partial charge in [-0.2, -0.15) is 0 Å². The van der Waals surface area contributed by atoms with Crippen molar-refractivity contribution >= 4 is 5.97 Å². The zero-order valence-electron chi connectivity index (χ0n) is 10.4. The van der Waals surface area contributed by atoms with E-state index in [4.69, 9.17) is 16.6 Å². The van der Waals surface area contributed by atoms with Crippen LogP contribution in [0.1, 0.15) is 51.4 Å². The summed E-state index contributed by atoms with van der Waals surface area (Å²) in [6, 6.07) is -0.215. The van der Waals surface area contributed by atoms with E-state index in [-0.39, 0.29) is 6.17 Å². The van der Waals surface area contributed by atoms with Gasteiger partial charge in [0, 0.05) is 6.04 Å². The van der Waals surface area contributed by atoms with Gasteiger partial charge >= 0.3 is 5.97 Å². The molecule has 3 atom stereocenters. The lowest BCUT2D eigenvalue weighted by Gasteiger charge is -2.19. The zero-order chi connectivity index (χ0) is 12.7. The third kappa shape index (κ3) is 6.00. The molecule has 0 spiro atoms. The normalized spacial score (nSPS) is 27.4. The summed E-state index contributed by atoms with van der Waals surface area (Å²) in [6.07, 6.45) is 8.33. The van der Waals surface area contributed by atoms with Crippen molar-refractivity contribution in [2.75, 3.05) is 0 Å². The van der Waals surface area contributed by atoms with E-state index in [1.807, 2.05) is 0 Å². The highest BCUT2D eigenvalue weighted by atomic mass is 16.4. The Morgan fingerprint density at radius 1 is 1.35 bits per heavy atom. The predicted octanol–water partition coefficient (Wildman–Crippen LogP) is 0.776. The maximum Gasteiger partial charge on any atom is 0.320 e. The van der Waals surface area contributed by atoms with Gasteiger partial charge in [0.2, 0.25) is 0 Å². The van der Waals surface area contributed by atoms with Crippen LogP contribution in [0.25, 0.3) is 0 Å². The van der Waals surface area contributed by atoms with Crippen LogP contribution in [0.2, 0.25) is 0 Å². The quantitative estimate of drug-likeness (QED) is 0.516. The van der Waals surface area contributed by atoms with Crippen LogP contribution >= 0.6 is 0 Å². The van der Waals surface area contributed by atoms with Gasteiger partial charge in [0.15, 0.2) is 0 Å². The third-order valence-corrected chi connectivity index (χ3v) is 3.40. The number of hydrogen-bond acceptors (Lipinski definition) is 4. The first-order chi connectivity index (χ1) is 8.09. The highest BCUT2D eigenvalue weighted by Gasteiger charge is 2.16. The summed E-state index contributed by atoms with van der Waals surface area (Å²) >= 11 is 0. The van der Waals surface area contributed by atoms with E-state index >= 15 is 0 Å². The molecule has 1 aliphatic heterocycles. The van der Waals surface area contributed by atoms with Crippen LogP contribution in [0.4, 0.5) is 0 Å². The number of carbonyl (C=O) groups is 1. The molecule has 1 saturated heterocycles. The molecular formula is C12H25N3O2. The minimum absolute atomic E-state index is 0.128. The summed E-state index contributed by atoms with van der Waals surface area (Å²) in [7, 11) is 0. The van der Waals surface area contributed by atoms with E-state index in [1.54, 1.807) is 0 Å². The van der Waals surface area contributed by atoms with Gasteiger partial charge in [-0.05, 0) is 25.7 Å². The molecule has 100 valence electrons. The van der Waals surface area contributed by atoms with Crippen molar-refractivity contribution in [2.24, 2.45) is 11.5 Å². The SMILES string of the molecule is NC1CCCC[C@H](CCCCC(N)C(=O)O)N1. The maximum absolute atomic E-state index is 10.5.